The fourth-order valence-electron chi connectivity index (χ4n) is 3.69. The Balaban J connectivity index is 1.80. The molecule has 0 bridgehead atoms. The lowest BCUT2D eigenvalue weighted by Crippen LogP contribution is -2.47. The second-order valence-corrected chi connectivity index (χ2v) is 7.26. The van der Waals surface area contributed by atoms with E-state index in [1.54, 1.807) is 24.3 Å². The van der Waals surface area contributed by atoms with Crippen molar-refractivity contribution in [1.29, 1.82) is 0 Å². The van der Waals surface area contributed by atoms with Crippen molar-refractivity contribution in [2.75, 3.05) is 23.7 Å². The first-order chi connectivity index (χ1) is 14.4. The van der Waals surface area contributed by atoms with Crippen molar-refractivity contribution in [1.82, 2.24) is 10.0 Å². The summed E-state index contributed by atoms with van der Waals surface area (Å²) >= 11 is 0. The number of para-hydroxylation sites is 1. The minimum absolute atomic E-state index is 0.205. The lowest BCUT2D eigenvalue weighted by atomic mass is 10.0. The number of urea groups is 1. The Labute approximate surface area is 177 Å². The van der Waals surface area contributed by atoms with Gasteiger partial charge < -0.3 is 10.6 Å². The summed E-state index contributed by atoms with van der Waals surface area (Å²) in [5.74, 6) is -0.475. The van der Waals surface area contributed by atoms with Crippen LogP contribution in [0.3, 0.4) is 0 Å². The first kappa shape index (κ1) is 21.4. The molecule has 0 atom stereocenters. The number of hydrazine groups is 1. The van der Waals surface area contributed by atoms with Gasteiger partial charge in [0.1, 0.15) is 0 Å². The Bertz CT molecular complexity index is 935. The molecule has 1 aliphatic rings. The number of nitrogens with one attached hydrogen (secondary N) is 2. The predicted octanol–water partition coefficient (Wildman–Crippen LogP) is 4.06. The number of carbonyl (C=O) groups is 3. The summed E-state index contributed by atoms with van der Waals surface area (Å²) in [6.45, 7) is 6.46. The molecule has 0 aromatic heterocycles. The Morgan fingerprint density at radius 3 is 2.17 bits per heavy atom. The molecule has 1 fully saturated rings. The predicted molar refractivity (Wildman–Crippen MR) is 117 cm³/mol. The van der Waals surface area contributed by atoms with Gasteiger partial charge in [-0.1, -0.05) is 38.1 Å². The first-order valence-corrected chi connectivity index (χ1v) is 10.3. The highest BCUT2D eigenvalue weighted by Crippen LogP contribution is 2.25. The van der Waals surface area contributed by atoms with E-state index in [1.165, 1.54) is 16.9 Å². The maximum absolute atomic E-state index is 13.1. The van der Waals surface area contributed by atoms with E-state index in [-0.39, 0.29) is 17.8 Å². The third-order valence-electron chi connectivity index (χ3n) is 5.16. The molecular weight excluding hydrogens is 380 g/mol. The van der Waals surface area contributed by atoms with Crippen LogP contribution < -0.4 is 10.6 Å². The maximum Gasteiger partial charge on any atom is 0.340 e. The fourth-order valence-corrected chi connectivity index (χ4v) is 3.69. The van der Waals surface area contributed by atoms with Gasteiger partial charge in [0.05, 0.1) is 0 Å². The van der Waals surface area contributed by atoms with E-state index in [2.05, 4.69) is 24.5 Å². The van der Waals surface area contributed by atoms with E-state index in [0.29, 0.717) is 30.8 Å². The maximum atomic E-state index is 13.1. The molecule has 3 rings (SSSR count). The molecule has 7 nitrogen and oxygen atoms in total. The van der Waals surface area contributed by atoms with Gasteiger partial charge in [0.25, 0.3) is 5.91 Å². The number of hydrogen-bond donors (Lipinski definition) is 2. The molecule has 0 aliphatic carbocycles. The fraction of sp³-hybridized carbons (Fsp3) is 0.348. The molecule has 0 saturated carbocycles. The van der Waals surface area contributed by atoms with Gasteiger partial charge in [-0.25, -0.2) is 14.8 Å². The molecule has 0 spiro atoms. The summed E-state index contributed by atoms with van der Waals surface area (Å²) < 4.78 is 0. The molecule has 2 aromatic carbocycles. The molecule has 2 aromatic rings. The molecule has 30 heavy (non-hydrogen) atoms. The van der Waals surface area contributed by atoms with Crippen LogP contribution in [-0.2, 0) is 17.6 Å². The number of hydrogen-bond acceptors (Lipinski definition) is 3. The number of nitrogens with zero attached hydrogens (tertiary/aromatic N) is 2. The molecule has 7 heteroatoms. The van der Waals surface area contributed by atoms with Crippen molar-refractivity contribution in [3.05, 3.63) is 59.2 Å². The van der Waals surface area contributed by atoms with Gasteiger partial charge in [-0.2, -0.15) is 0 Å². The zero-order valence-corrected chi connectivity index (χ0v) is 17.7. The SMILES string of the molecule is CCc1cccc(CC)c1NC(=O)N1CCCN1C(=O)c1cccc(NC(C)=O)c1. The first-order valence-electron chi connectivity index (χ1n) is 10.3. The zero-order valence-electron chi connectivity index (χ0n) is 17.7. The lowest BCUT2D eigenvalue weighted by molar-refractivity contribution is -0.114. The van der Waals surface area contributed by atoms with Gasteiger partial charge >= 0.3 is 6.03 Å². The van der Waals surface area contributed by atoms with Crippen LogP contribution >= 0.6 is 0 Å². The third kappa shape index (κ3) is 4.62. The van der Waals surface area contributed by atoms with Crippen LogP contribution in [0.1, 0.15) is 48.7 Å². The molecule has 2 N–H and O–H groups in total. The number of anilines is 2. The van der Waals surface area contributed by atoms with Crippen LogP contribution in [-0.4, -0.2) is 41.0 Å². The van der Waals surface area contributed by atoms with E-state index in [4.69, 9.17) is 0 Å². The average Bonchev–Trinajstić information content (AvgIpc) is 3.23. The molecule has 0 unspecified atom stereocenters. The van der Waals surface area contributed by atoms with Gasteiger partial charge in [0.2, 0.25) is 5.91 Å². The number of benzene rings is 2. The molecular formula is C23H28N4O3. The second kappa shape index (κ2) is 9.43. The standard InChI is InChI=1S/C23H28N4O3/c1-4-17-9-6-10-18(5-2)21(17)25-23(30)27-14-8-13-26(27)22(29)19-11-7-12-20(15-19)24-16(3)28/h6-7,9-12,15H,4-5,8,13-14H2,1-3H3,(H,24,28)(H,25,30). The van der Waals surface area contributed by atoms with Crippen LogP contribution in [0.5, 0.6) is 0 Å². The highest BCUT2D eigenvalue weighted by Gasteiger charge is 2.32. The highest BCUT2D eigenvalue weighted by molar-refractivity contribution is 5.99. The smallest absolute Gasteiger partial charge is 0.326 e. The monoisotopic (exact) mass is 408 g/mol. The Kier molecular flexibility index (Phi) is 6.72. The molecule has 158 valence electrons. The summed E-state index contributed by atoms with van der Waals surface area (Å²) in [7, 11) is 0. The van der Waals surface area contributed by atoms with Crippen molar-refractivity contribution in [3.63, 3.8) is 0 Å². The molecule has 0 radical (unpaired) electrons. The van der Waals surface area contributed by atoms with Crippen molar-refractivity contribution >= 4 is 29.2 Å². The Morgan fingerprint density at radius 1 is 0.900 bits per heavy atom. The van der Waals surface area contributed by atoms with Crippen molar-refractivity contribution in [2.45, 2.75) is 40.0 Å². The number of aryl methyl sites for hydroxylation is 2. The van der Waals surface area contributed by atoms with E-state index >= 15 is 0 Å². The third-order valence-corrected chi connectivity index (χ3v) is 5.16. The Hall–Kier alpha value is -3.35. The van der Waals surface area contributed by atoms with Crippen LogP contribution in [0, 0.1) is 0 Å². The van der Waals surface area contributed by atoms with Gasteiger partial charge in [-0.05, 0) is 48.6 Å². The van der Waals surface area contributed by atoms with E-state index in [9.17, 15) is 14.4 Å². The summed E-state index contributed by atoms with van der Waals surface area (Å²) in [4.78, 5) is 37.5. The second-order valence-electron chi connectivity index (χ2n) is 7.26. The summed E-state index contributed by atoms with van der Waals surface area (Å²) in [5, 5.41) is 8.66. The zero-order chi connectivity index (χ0) is 21.7. The summed E-state index contributed by atoms with van der Waals surface area (Å²) in [5.41, 5.74) is 3.95. The summed E-state index contributed by atoms with van der Waals surface area (Å²) in [6.07, 6.45) is 2.32. The average molecular weight is 409 g/mol. The minimum Gasteiger partial charge on any atom is -0.326 e. The van der Waals surface area contributed by atoms with Crippen LogP contribution in [0.15, 0.2) is 42.5 Å². The van der Waals surface area contributed by atoms with Crippen LogP contribution in [0.2, 0.25) is 0 Å². The van der Waals surface area contributed by atoms with Gasteiger partial charge in [0.15, 0.2) is 0 Å². The molecule has 1 aliphatic heterocycles. The lowest BCUT2D eigenvalue weighted by Gasteiger charge is -2.29. The van der Waals surface area contributed by atoms with E-state index < -0.39 is 0 Å². The van der Waals surface area contributed by atoms with Crippen molar-refractivity contribution < 1.29 is 14.4 Å². The van der Waals surface area contributed by atoms with Crippen LogP contribution in [0.4, 0.5) is 16.2 Å². The van der Waals surface area contributed by atoms with Gasteiger partial charge in [0, 0.05) is 37.0 Å². The Morgan fingerprint density at radius 2 is 1.53 bits per heavy atom. The van der Waals surface area contributed by atoms with E-state index in [1.807, 2.05) is 18.2 Å². The topological polar surface area (TPSA) is 81.8 Å². The summed E-state index contributed by atoms with van der Waals surface area (Å²) in [6, 6.07) is 12.5. The number of rotatable bonds is 5. The van der Waals surface area contributed by atoms with Gasteiger partial charge in [-0.15, -0.1) is 0 Å². The molecule has 4 amide bonds. The van der Waals surface area contributed by atoms with Gasteiger partial charge in [-0.3, -0.25) is 9.59 Å². The van der Waals surface area contributed by atoms with Crippen molar-refractivity contribution in [2.24, 2.45) is 0 Å². The number of carbonyl (C=O) groups excluding carboxylic acids is 3. The van der Waals surface area contributed by atoms with Crippen LogP contribution in [0.25, 0.3) is 0 Å². The highest BCUT2D eigenvalue weighted by atomic mass is 16.2. The minimum atomic E-state index is -0.311. The quantitative estimate of drug-likeness (QED) is 0.783. The largest absolute Gasteiger partial charge is 0.340 e. The van der Waals surface area contributed by atoms with E-state index in [0.717, 1.165) is 29.7 Å². The molecule has 1 heterocycles. The van der Waals surface area contributed by atoms with Crippen molar-refractivity contribution in [3.8, 4) is 0 Å². The normalized spacial score (nSPS) is 13.3. The number of amides is 4. The molecule has 1 saturated heterocycles.